The molecule has 168 valence electrons. The normalized spacial score (nSPS) is 11.9. The van der Waals surface area contributed by atoms with Crippen molar-refractivity contribution in [3.05, 3.63) is 99.7 Å². The molecule has 0 radical (unpaired) electrons. The Balaban J connectivity index is 1.79. The topological polar surface area (TPSA) is 67.2 Å². The van der Waals surface area contributed by atoms with E-state index in [4.69, 9.17) is 33.0 Å². The number of rotatable bonds is 7. The molecule has 0 amide bonds. The van der Waals surface area contributed by atoms with Gasteiger partial charge in [-0.2, -0.15) is 5.10 Å². The van der Waals surface area contributed by atoms with Gasteiger partial charge < -0.3 is 14.6 Å². The number of aliphatic carboxylic acids is 1. The van der Waals surface area contributed by atoms with Crippen LogP contribution < -0.4 is 9.84 Å². The maximum atomic E-state index is 12.0. The standard InChI is InChI=1S/C26H22Cl2N2O3/c1-16-4-3-5-17(12-16)22(26(31)32)14-19-15-25(18-6-11-23(27)24(28)13-18)30(29-19)20-7-9-21(33-2)10-8-20/h3-13,15,22H,14H2,1-2H3,(H,31,32)/p-1. The van der Waals surface area contributed by atoms with Gasteiger partial charge in [0.25, 0.3) is 0 Å². The predicted molar refractivity (Wildman–Crippen MR) is 128 cm³/mol. The highest BCUT2D eigenvalue weighted by molar-refractivity contribution is 6.42. The van der Waals surface area contributed by atoms with Gasteiger partial charge >= 0.3 is 0 Å². The molecule has 0 bridgehead atoms. The number of carboxylic acids is 1. The summed E-state index contributed by atoms with van der Waals surface area (Å²) < 4.78 is 7.02. The Hall–Kier alpha value is -3.28. The smallest absolute Gasteiger partial charge is 0.119 e. The molecule has 0 saturated carbocycles. The Morgan fingerprint density at radius 3 is 2.42 bits per heavy atom. The van der Waals surface area contributed by atoms with Gasteiger partial charge in [-0.25, -0.2) is 4.68 Å². The van der Waals surface area contributed by atoms with Crippen molar-refractivity contribution in [1.29, 1.82) is 0 Å². The van der Waals surface area contributed by atoms with Crippen LogP contribution in [0.15, 0.2) is 72.8 Å². The van der Waals surface area contributed by atoms with Gasteiger partial charge in [-0.1, -0.05) is 59.1 Å². The van der Waals surface area contributed by atoms with Gasteiger partial charge in [0.05, 0.1) is 34.2 Å². The van der Waals surface area contributed by atoms with Crippen LogP contribution in [0.5, 0.6) is 5.75 Å². The minimum absolute atomic E-state index is 0.184. The number of halogens is 2. The number of carbonyl (C=O) groups is 1. The molecule has 0 fully saturated rings. The summed E-state index contributed by atoms with van der Waals surface area (Å²) in [6.07, 6.45) is 0.184. The Bertz CT molecular complexity index is 1300. The van der Waals surface area contributed by atoms with Gasteiger partial charge in [0, 0.05) is 23.9 Å². The number of nitrogens with zero attached hydrogens (tertiary/aromatic N) is 2. The summed E-state index contributed by atoms with van der Waals surface area (Å²) in [5.41, 5.74) is 4.64. The second-order valence-electron chi connectivity index (χ2n) is 7.75. The van der Waals surface area contributed by atoms with E-state index in [9.17, 15) is 9.90 Å². The highest BCUT2D eigenvalue weighted by atomic mass is 35.5. The summed E-state index contributed by atoms with van der Waals surface area (Å²) >= 11 is 12.4. The number of hydrogen-bond donors (Lipinski definition) is 0. The highest BCUT2D eigenvalue weighted by Gasteiger charge is 2.19. The summed E-state index contributed by atoms with van der Waals surface area (Å²) in [6, 6.07) is 22.1. The van der Waals surface area contributed by atoms with E-state index in [-0.39, 0.29) is 6.42 Å². The van der Waals surface area contributed by atoms with Crippen LogP contribution in [-0.4, -0.2) is 22.9 Å². The van der Waals surface area contributed by atoms with Crippen molar-refractivity contribution in [3.63, 3.8) is 0 Å². The molecular formula is C26H21Cl2N2O3-. The molecule has 1 atom stereocenters. The largest absolute Gasteiger partial charge is 0.549 e. The number of hydrogen-bond acceptors (Lipinski definition) is 4. The quantitative estimate of drug-likeness (QED) is 0.363. The molecule has 0 saturated heterocycles. The molecule has 4 aromatic rings. The van der Waals surface area contributed by atoms with Gasteiger partial charge in [-0.05, 0) is 55.0 Å². The molecule has 0 aliphatic carbocycles. The van der Waals surface area contributed by atoms with E-state index < -0.39 is 11.9 Å². The second kappa shape index (κ2) is 9.69. The molecule has 5 nitrogen and oxygen atoms in total. The first-order chi connectivity index (χ1) is 15.9. The summed E-state index contributed by atoms with van der Waals surface area (Å²) in [4.78, 5) is 12.0. The summed E-state index contributed by atoms with van der Waals surface area (Å²) in [5, 5.41) is 17.6. The van der Waals surface area contributed by atoms with E-state index in [1.165, 1.54) is 0 Å². The van der Waals surface area contributed by atoms with Crippen molar-refractivity contribution in [1.82, 2.24) is 9.78 Å². The third-order valence-corrected chi connectivity index (χ3v) is 6.17. The zero-order valence-corrected chi connectivity index (χ0v) is 19.6. The molecule has 0 aliphatic rings. The maximum absolute atomic E-state index is 12.0. The third-order valence-electron chi connectivity index (χ3n) is 5.43. The molecule has 0 spiro atoms. The lowest BCUT2D eigenvalue weighted by molar-refractivity contribution is -0.308. The number of carboxylic acid groups (broad SMARTS) is 1. The maximum Gasteiger partial charge on any atom is 0.119 e. The third kappa shape index (κ3) is 5.05. The zero-order chi connectivity index (χ0) is 23.5. The summed E-state index contributed by atoms with van der Waals surface area (Å²) in [7, 11) is 1.60. The SMILES string of the molecule is COc1ccc(-n2nc(CC(C(=O)[O-])c3cccc(C)c3)cc2-c2ccc(Cl)c(Cl)c2)cc1. The number of carbonyl (C=O) groups excluding carboxylic acids is 1. The van der Waals surface area contributed by atoms with Crippen LogP contribution in [0.2, 0.25) is 10.0 Å². The van der Waals surface area contributed by atoms with Crippen LogP contribution in [0.3, 0.4) is 0 Å². The van der Waals surface area contributed by atoms with Crippen LogP contribution in [0.1, 0.15) is 22.7 Å². The molecule has 0 N–H and O–H groups in total. The lowest BCUT2D eigenvalue weighted by Gasteiger charge is -2.18. The van der Waals surface area contributed by atoms with Gasteiger partial charge in [0.1, 0.15) is 5.75 Å². The minimum Gasteiger partial charge on any atom is -0.549 e. The van der Waals surface area contributed by atoms with Crippen molar-refractivity contribution >= 4 is 29.2 Å². The van der Waals surface area contributed by atoms with E-state index >= 15 is 0 Å². The molecule has 33 heavy (non-hydrogen) atoms. The van der Waals surface area contributed by atoms with Crippen LogP contribution >= 0.6 is 23.2 Å². The number of aryl methyl sites for hydroxylation is 1. The van der Waals surface area contributed by atoms with Crippen LogP contribution in [0, 0.1) is 6.92 Å². The van der Waals surface area contributed by atoms with E-state index in [1.54, 1.807) is 30.0 Å². The lowest BCUT2D eigenvalue weighted by atomic mass is 9.93. The van der Waals surface area contributed by atoms with Crippen molar-refractivity contribution in [3.8, 4) is 22.7 Å². The van der Waals surface area contributed by atoms with E-state index in [0.717, 1.165) is 28.3 Å². The van der Waals surface area contributed by atoms with Gasteiger partial charge in [0.15, 0.2) is 0 Å². The Labute approximate surface area is 202 Å². The van der Waals surface area contributed by atoms with E-state index in [1.807, 2.05) is 61.5 Å². The van der Waals surface area contributed by atoms with Crippen molar-refractivity contribution < 1.29 is 14.6 Å². The fourth-order valence-corrected chi connectivity index (χ4v) is 4.04. The average molecular weight is 480 g/mol. The molecular weight excluding hydrogens is 459 g/mol. The Morgan fingerprint density at radius 1 is 1.03 bits per heavy atom. The number of aromatic nitrogens is 2. The van der Waals surface area contributed by atoms with Gasteiger partial charge in [-0.15, -0.1) is 0 Å². The number of benzene rings is 3. The average Bonchev–Trinajstić information content (AvgIpc) is 3.23. The Kier molecular flexibility index (Phi) is 6.72. The monoisotopic (exact) mass is 479 g/mol. The van der Waals surface area contributed by atoms with Crippen molar-refractivity contribution in [2.24, 2.45) is 0 Å². The molecule has 1 heterocycles. The molecule has 0 aliphatic heterocycles. The predicted octanol–water partition coefficient (Wildman–Crippen LogP) is 5.24. The molecule has 3 aromatic carbocycles. The number of methoxy groups -OCH3 is 1. The first kappa shape index (κ1) is 22.9. The number of ether oxygens (including phenoxy) is 1. The van der Waals surface area contributed by atoms with Crippen LogP contribution in [-0.2, 0) is 11.2 Å². The lowest BCUT2D eigenvalue weighted by Crippen LogP contribution is -2.31. The van der Waals surface area contributed by atoms with Crippen molar-refractivity contribution in [2.75, 3.05) is 7.11 Å². The van der Waals surface area contributed by atoms with Crippen LogP contribution in [0.25, 0.3) is 16.9 Å². The molecule has 1 aromatic heterocycles. The fourth-order valence-electron chi connectivity index (χ4n) is 3.74. The van der Waals surface area contributed by atoms with Gasteiger partial charge in [-0.3, -0.25) is 0 Å². The Morgan fingerprint density at radius 2 is 1.79 bits per heavy atom. The first-order valence-corrected chi connectivity index (χ1v) is 11.1. The van der Waals surface area contributed by atoms with E-state index in [0.29, 0.717) is 21.3 Å². The zero-order valence-electron chi connectivity index (χ0n) is 18.1. The molecule has 4 rings (SSSR count). The fraction of sp³-hybridized carbons (Fsp3) is 0.154. The summed E-state index contributed by atoms with van der Waals surface area (Å²) in [6.45, 7) is 1.93. The first-order valence-electron chi connectivity index (χ1n) is 10.3. The van der Waals surface area contributed by atoms with Crippen molar-refractivity contribution in [2.45, 2.75) is 19.3 Å². The van der Waals surface area contributed by atoms with Gasteiger partial charge in [0.2, 0.25) is 0 Å². The highest BCUT2D eigenvalue weighted by Crippen LogP contribution is 2.32. The second-order valence-corrected chi connectivity index (χ2v) is 8.56. The molecule has 1 unspecified atom stereocenters. The summed E-state index contributed by atoms with van der Waals surface area (Å²) in [5.74, 6) is -1.25. The molecule has 7 heteroatoms. The van der Waals surface area contributed by atoms with Crippen LogP contribution in [0.4, 0.5) is 0 Å². The minimum atomic E-state index is -1.14. The van der Waals surface area contributed by atoms with E-state index in [2.05, 4.69) is 0 Å².